The zero-order valence-electron chi connectivity index (χ0n) is 12.7. The van der Waals surface area contributed by atoms with Gasteiger partial charge in [-0.25, -0.2) is 4.98 Å². The third kappa shape index (κ3) is 2.90. The fourth-order valence-corrected chi connectivity index (χ4v) is 2.34. The summed E-state index contributed by atoms with van der Waals surface area (Å²) in [6.45, 7) is 7.37. The molecule has 0 saturated carbocycles. The Balaban J connectivity index is 2.47. The highest BCUT2D eigenvalue weighted by Crippen LogP contribution is 2.16. The summed E-state index contributed by atoms with van der Waals surface area (Å²) in [4.78, 5) is 17.1. The fraction of sp³-hybridized carbons (Fsp3) is 0.500. The Morgan fingerprint density at radius 1 is 1.30 bits per heavy atom. The van der Waals surface area contributed by atoms with E-state index < -0.39 is 0 Å². The lowest BCUT2D eigenvalue weighted by Gasteiger charge is -2.20. The smallest absolute Gasteiger partial charge is 0.261 e. The normalized spacial score (nSPS) is 13.1. The van der Waals surface area contributed by atoms with Gasteiger partial charge in [-0.2, -0.15) is 0 Å². The summed E-state index contributed by atoms with van der Waals surface area (Å²) < 4.78 is 1.67. The van der Waals surface area contributed by atoms with E-state index in [9.17, 15) is 4.79 Å². The Hall–Kier alpha value is -1.68. The van der Waals surface area contributed by atoms with Crippen LogP contribution in [0.3, 0.4) is 0 Å². The number of hydrogen-bond acceptors (Lipinski definition) is 3. The SMILES string of the molecule is CC[C@@H](NCC(C)C)c1nc2ccccc2c(=O)n1C. The van der Waals surface area contributed by atoms with Crippen molar-refractivity contribution in [2.75, 3.05) is 6.54 Å². The third-order valence-electron chi connectivity index (χ3n) is 3.51. The molecule has 2 rings (SSSR count). The van der Waals surface area contributed by atoms with E-state index in [0.717, 1.165) is 24.3 Å². The molecule has 1 heterocycles. The molecule has 0 spiro atoms. The van der Waals surface area contributed by atoms with Crippen LogP contribution in [0, 0.1) is 5.92 Å². The van der Waals surface area contributed by atoms with E-state index in [1.54, 1.807) is 11.6 Å². The van der Waals surface area contributed by atoms with Crippen molar-refractivity contribution in [2.24, 2.45) is 13.0 Å². The van der Waals surface area contributed by atoms with Gasteiger partial charge in [-0.15, -0.1) is 0 Å². The molecule has 0 fully saturated rings. The van der Waals surface area contributed by atoms with Crippen molar-refractivity contribution in [1.82, 2.24) is 14.9 Å². The van der Waals surface area contributed by atoms with Gasteiger partial charge < -0.3 is 5.32 Å². The molecule has 0 unspecified atom stereocenters. The number of aromatic nitrogens is 2. The van der Waals surface area contributed by atoms with Gasteiger partial charge >= 0.3 is 0 Å². The van der Waals surface area contributed by atoms with Gasteiger partial charge in [0.05, 0.1) is 16.9 Å². The van der Waals surface area contributed by atoms with Gasteiger partial charge in [0, 0.05) is 7.05 Å². The van der Waals surface area contributed by atoms with E-state index in [1.807, 2.05) is 24.3 Å². The fourth-order valence-electron chi connectivity index (χ4n) is 2.34. The van der Waals surface area contributed by atoms with Gasteiger partial charge in [-0.05, 0) is 31.0 Å². The second-order valence-corrected chi connectivity index (χ2v) is 5.61. The molecule has 1 aromatic heterocycles. The van der Waals surface area contributed by atoms with Crippen molar-refractivity contribution in [3.63, 3.8) is 0 Å². The van der Waals surface area contributed by atoms with Gasteiger partial charge in [-0.1, -0.05) is 32.9 Å². The average molecular weight is 273 g/mol. The van der Waals surface area contributed by atoms with Crippen LogP contribution in [0.25, 0.3) is 10.9 Å². The number of nitrogens with zero attached hydrogens (tertiary/aromatic N) is 2. The molecule has 0 aliphatic carbocycles. The van der Waals surface area contributed by atoms with Crippen LogP contribution in [-0.4, -0.2) is 16.1 Å². The summed E-state index contributed by atoms with van der Waals surface area (Å²) in [7, 11) is 1.80. The largest absolute Gasteiger partial charge is 0.307 e. The van der Waals surface area contributed by atoms with Crippen LogP contribution < -0.4 is 10.9 Å². The van der Waals surface area contributed by atoms with Crippen molar-refractivity contribution in [3.8, 4) is 0 Å². The van der Waals surface area contributed by atoms with Crippen molar-refractivity contribution >= 4 is 10.9 Å². The van der Waals surface area contributed by atoms with Crippen LogP contribution >= 0.6 is 0 Å². The van der Waals surface area contributed by atoms with Crippen molar-refractivity contribution < 1.29 is 0 Å². The maximum Gasteiger partial charge on any atom is 0.261 e. The number of para-hydroxylation sites is 1. The first-order chi connectivity index (χ1) is 9.54. The van der Waals surface area contributed by atoms with Crippen molar-refractivity contribution in [1.29, 1.82) is 0 Å². The molecular weight excluding hydrogens is 250 g/mol. The maximum atomic E-state index is 12.4. The van der Waals surface area contributed by atoms with E-state index in [-0.39, 0.29) is 11.6 Å². The zero-order valence-corrected chi connectivity index (χ0v) is 12.7. The number of nitrogens with one attached hydrogen (secondary N) is 1. The molecule has 1 atom stereocenters. The number of rotatable bonds is 5. The van der Waals surface area contributed by atoms with E-state index in [4.69, 9.17) is 0 Å². The maximum absolute atomic E-state index is 12.4. The molecule has 0 saturated heterocycles. The molecule has 4 heteroatoms. The summed E-state index contributed by atoms with van der Waals surface area (Å²) in [6, 6.07) is 7.63. The number of hydrogen-bond donors (Lipinski definition) is 1. The molecule has 0 amide bonds. The topological polar surface area (TPSA) is 46.9 Å². The monoisotopic (exact) mass is 273 g/mol. The Morgan fingerprint density at radius 2 is 2.00 bits per heavy atom. The van der Waals surface area contributed by atoms with Gasteiger partial charge in [0.15, 0.2) is 0 Å². The Kier molecular flexibility index (Phi) is 4.55. The lowest BCUT2D eigenvalue weighted by atomic mass is 10.1. The van der Waals surface area contributed by atoms with Crippen LogP contribution in [0.5, 0.6) is 0 Å². The zero-order chi connectivity index (χ0) is 14.7. The van der Waals surface area contributed by atoms with E-state index in [1.165, 1.54) is 0 Å². The van der Waals surface area contributed by atoms with E-state index in [0.29, 0.717) is 11.3 Å². The van der Waals surface area contributed by atoms with Crippen LogP contribution in [0.4, 0.5) is 0 Å². The second kappa shape index (κ2) is 6.18. The van der Waals surface area contributed by atoms with Gasteiger partial charge in [0.2, 0.25) is 0 Å². The summed E-state index contributed by atoms with van der Waals surface area (Å²) in [6.07, 6.45) is 0.908. The quantitative estimate of drug-likeness (QED) is 0.911. The third-order valence-corrected chi connectivity index (χ3v) is 3.51. The minimum absolute atomic E-state index is 0.0235. The summed E-state index contributed by atoms with van der Waals surface area (Å²) in [5, 5.41) is 4.17. The first-order valence-electron chi connectivity index (χ1n) is 7.23. The summed E-state index contributed by atoms with van der Waals surface area (Å²) in [5.74, 6) is 1.39. The minimum atomic E-state index is 0.0235. The lowest BCUT2D eigenvalue weighted by molar-refractivity contribution is 0.436. The van der Waals surface area contributed by atoms with Crippen LogP contribution in [0.15, 0.2) is 29.1 Å². The Labute approximate surface area is 119 Å². The molecule has 0 aliphatic rings. The first-order valence-corrected chi connectivity index (χ1v) is 7.23. The first kappa shape index (κ1) is 14.7. The summed E-state index contributed by atoms with van der Waals surface area (Å²) >= 11 is 0. The molecule has 20 heavy (non-hydrogen) atoms. The van der Waals surface area contributed by atoms with E-state index in [2.05, 4.69) is 31.1 Å². The van der Waals surface area contributed by atoms with Gasteiger partial charge in [0.1, 0.15) is 5.82 Å². The van der Waals surface area contributed by atoms with Crippen molar-refractivity contribution in [3.05, 3.63) is 40.4 Å². The van der Waals surface area contributed by atoms with Crippen LogP contribution in [-0.2, 0) is 7.05 Å². The Bertz CT molecular complexity index is 646. The van der Waals surface area contributed by atoms with Crippen LogP contribution in [0.2, 0.25) is 0 Å². The predicted molar refractivity (Wildman–Crippen MR) is 82.9 cm³/mol. The molecule has 0 radical (unpaired) electrons. The van der Waals surface area contributed by atoms with Crippen molar-refractivity contribution in [2.45, 2.75) is 33.2 Å². The highest BCUT2D eigenvalue weighted by molar-refractivity contribution is 5.77. The lowest BCUT2D eigenvalue weighted by Crippen LogP contribution is -2.32. The second-order valence-electron chi connectivity index (χ2n) is 5.61. The van der Waals surface area contributed by atoms with Gasteiger partial charge in [-0.3, -0.25) is 9.36 Å². The molecule has 2 aromatic rings. The highest BCUT2D eigenvalue weighted by atomic mass is 16.1. The number of fused-ring (bicyclic) bond motifs is 1. The average Bonchev–Trinajstić information content (AvgIpc) is 2.44. The molecule has 0 aliphatic heterocycles. The summed E-state index contributed by atoms with van der Waals surface area (Å²) in [5.41, 5.74) is 0.797. The number of benzene rings is 1. The molecule has 0 bridgehead atoms. The molecular formula is C16H23N3O. The minimum Gasteiger partial charge on any atom is -0.307 e. The van der Waals surface area contributed by atoms with Gasteiger partial charge in [0.25, 0.3) is 5.56 Å². The van der Waals surface area contributed by atoms with Crippen LogP contribution in [0.1, 0.15) is 39.1 Å². The molecule has 1 N–H and O–H groups in total. The standard InChI is InChI=1S/C16H23N3O/c1-5-13(17-10-11(2)3)15-18-14-9-7-6-8-12(14)16(20)19(15)4/h6-9,11,13,17H,5,10H2,1-4H3/t13-/m1/s1. The van der Waals surface area contributed by atoms with E-state index >= 15 is 0 Å². The highest BCUT2D eigenvalue weighted by Gasteiger charge is 2.16. The predicted octanol–water partition coefficient (Wildman–Crippen LogP) is 2.63. The Morgan fingerprint density at radius 3 is 2.65 bits per heavy atom. The molecule has 4 nitrogen and oxygen atoms in total. The molecule has 1 aromatic carbocycles. The molecule has 108 valence electrons.